The third-order valence-corrected chi connectivity index (χ3v) is 6.34. The van der Waals surface area contributed by atoms with E-state index in [4.69, 9.17) is 0 Å². The third-order valence-electron chi connectivity index (χ3n) is 6.34. The molecule has 1 aromatic rings. The molecule has 0 unspecified atom stereocenters. The molecule has 0 aromatic carbocycles. The van der Waals surface area contributed by atoms with E-state index in [-0.39, 0.29) is 11.3 Å². The van der Waals surface area contributed by atoms with Crippen molar-refractivity contribution in [2.45, 2.75) is 70.9 Å². The van der Waals surface area contributed by atoms with Crippen LogP contribution in [0, 0.1) is 11.8 Å². The Morgan fingerprint density at radius 1 is 1.20 bits per heavy atom. The van der Waals surface area contributed by atoms with Gasteiger partial charge >= 0.3 is 0 Å². The molecule has 3 aliphatic heterocycles. The van der Waals surface area contributed by atoms with Crippen LogP contribution in [0.25, 0.3) is 0 Å². The van der Waals surface area contributed by atoms with E-state index in [9.17, 15) is 4.79 Å². The molecule has 5 rings (SSSR count). The molecule has 138 valence electrons. The second-order valence-electron chi connectivity index (χ2n) is 9.44. The van der Waals surface area contributed by atoms with Crippen molar-refractivity contribution in [3.05, 3.63) is 17.5 Å². The van der Waals surface area contributed by atoms with Gasteiger partial charge in [-0.1, -0.05) is 27.2 Å². The lowest BCUT2D eigenvalue weighted by molar-refractivity contribution is -0.141. The molecular weight excluding hydrogens is 312 g/mol. The van der Waals surface area contributed by atoms with Crippen LogP contribution >= 0.6 is 0 Å². The van der Waals surface area contributed by atoms with Crippen LogP contribution in [-0.4, -0.2) is 51.6 Å². The number of H-pyrrole nitrogens is 1. The molecule has 1 N–H and O–H groups in total. The van der Waals surface area contributed by atoms with Gasteiger partial charge < -0.3 is 4.90 Å². The van der Waals surface area contributed by atoms with Crippen molar-refractivity contribution < 1.29 is 4.79 Å². The zero-order valence-electron chi connectivity index (χ0n) is 15.9. The van der Waals surface area contributed by atoms with Gasteiger partial charge in [0.2, 0.25) is 5.91 Å². The predicted octanol–water partition coefficient (Wildman–Crippen LogP) is 2.93. The Morgan fingerprint density at radius 3 is 2.64 bits per heavy atom. The van der Waals surface area contributed by atoms with Crippen LogP contribution in [0.2, 0.25) is 0 Å². The van der Waals surface area contributed by atoms with Crippen LogP contribution in [0.3, 0.4) is 0 Å². The number of rotatable bonds is 4. The van der Waals surface area contributed by atoms with E-state index in [1.54, 1.807) is 0 Å². The summed E-state index contributed by atoms with van der Waals surface area (Å²) in [6, 6.07) is 2.61. The first kappa shape index (κ1) is 17.1. The average molecular weight is 345 g/mol. The lowest BCUT2D eigenvalue weighted by atomic mass is 9.83. The summed E-state index contributed by atoms with van der Waals surface area (Å²) in [7, 11) is 0. The maximum Gasteiger partial charge on any atom is 0.227 e. The maximum absolute atomic E-state index is 12.9. The highest BCUT2D eigenvalue weighted by atomic mass is 16.2. The van der Waals surface area contributed by atoms with E-state index >= 15 is 0 Å². The van der Waals surface area contributed by atoms with Crippen LogP contribution in [0.15, 0.2) is 6.07 Å². The largest absolute Gasteiger partial charge is 0.338 e. The van der Waals surface area contributed by atoms with Crippen LogP contribution in [0.1, 0.15) is 64.3 Å². The van der Waals surface area contributed by atoms with Gasteiger partial charge in [-0.05, 0) is 37.7 Å². The van der Waals surface area contributed by atoms with Gasteiger partial charge in [0.25, 0.3) is 0 Å². The van der Waals surface area contributed by atoms with E-state index in [1.807, 2.05) is 0 Å². The SMILES string of the molecule is CC(C)(C)c1cc(CN2C[C@@H]3CC[C@H](C2)N(CC2CCC2)C3=O)[nH]n1. The molecule has 3 saturated heterocycles. The number of aromatic nitrogens is 2. The Bertz CT molecular complexity index is 628. The number of nitrogens with one attached hydrogen (secondary N) is 1. The molecule has 2 atom stereocenters. The summed E-state index contributed by atoms with van der Waals surface area (Å²) < 4.78 is 0. The number of amides is 1. The standard InChI is InChI=1S/C20H32N4O/c1-20(2,3)18-9-16(21-22-18)12-23-11-15-7-8-17(13-23)24(19(15)25)10-14-5-4-6-14/h9,14-15,17H,4-8,10-13H2,1-3H3,(H,21,22)/t15-,17+/m0/s1. The van der Waals surface area contributed by atoms with Crippen molar-refractivity contribution in [2.75, 3.05) is 19.6 Å². The molecule has 4 aliphatic rings. The van der Waals surface area contributed by atoms with Crippen molar-refractivity contribution in [1.29, 1.82) is 0 Å². The molecule has 1 aromatic heterocycles. The molecule has 0 radical (unpaired) electrons. The Kier molecular flexibility index (Phi) is 4.38. The highest BCUT2D eigenvalue weighted by Crippen LogP contribution is 2.34. The number of aromatic amines is 1. The second kappa shape index (κ2) is 6.42. The molecular formula is C20H32N4O. The smallest absolute Gasteiger partial charge is 0.227 e. The fourth-order valence-corrected chi connectivity index (χ4v) is 4.52. The Labute approximate surface area is 151 Å². The predicted molar refractivity (Wildman–Crippen MR) is 98.1 cm³/mol. The number of piperidine rings is 1. The molecule has 4 fully saturated rings. The summed E-state index contributed by atoms with van der Waals surface area (Å²) in [5, 5.41) is 7.70. The molecule has 2 bridgehead atoms. The molecule has 1 aliphatic carbocycles. The highest BCUT2D eigenvalue weighted by molar-refractivity contribution is 5.80. The van der Waals surface area contributed by atoms with Crippen molar-refractivity contribution in [1.82, 2.24) is 20.0 Å². The fraction of sp³-hybridized carbons (Fsp3) is 0.800. The topological polar surface area (TPSA) is 52.2 Å². The van der Waals surface area contributed by atoms with Gasteiger partial charge in [0, 0.05) is 43.3 Å². The van der Waals surface area contributed by atoms with Gasteiger partial charge in [-0.25, -0.2) is 0 Å². The quantitative estimate of drug-likeness (QED) is 0.914. The van der Waals surface area contributed by atoms with Crippen molar-refractivity contribution in [3.63, 3.8) is 0 Å². The van der Waals surface area contributed by atoms with Gasteiger partial charge in [-0.2, -0.15) is 5.10 Å². The molecule has 0 spiro atoms. The first-order valence-corrected chi connectivity index (χ1v) is 9.98. The van der Waals surface area contributed by atoms with Crippen molar-refractivity contribution in [3.8, 4) is 0 Å². The Morgan fingerprint density at radius 2 is 2.00 bits per heavy atom. The summed E-state index contributed by atoms with van der Waals surface area (Å²) in [5.41, 5.74) is 2.36. The third kappa shape index (κ3) is 3.48. The van der Waals surface area contributed by atoms with E-state index in [0.29, 0.717) is 11.9 Å². The Balaban J connectivity index is 1.44. The summed E-state index contributed by atoms with van der Waals surface area (Å²) in [6.45, 7) is 10.4. The van der Waals surface area contributed by atoms with E-state index in [0.717, 1.165) is 44.2 Å². The van der Waals surface area contributed by atoms with Crippen LogP contribution in [-0.2, 0) is 16.8 Å². The number of carbonyl (C=O) groups is 1. The summed E-state index contributed by atoms with van der Waals surface area (Å²) in [4.78, 5) is 17.6. The molecule has 5 heteroatoms. The second-order valence-corrected chi connectivity index (χ2v) is 9.44. The van der Waals surface area contributed by atoms with Gasteiger partial charge in [0.1, 0.15) is 0 Å². The minimum Gasteiger partial charge on any atom is -0.338 e. The minimum absolute atomic E-state index is 0.0715. The molecule has 1 amide bonds. The van der Waals surface area contributed by atoms with Gasteiger partial charge in [-0.3, -0.25) is 14.8 Å². The number of nitrogens with zero attached hydrogens (tertiary/aromatic N) is 3. The lowest BCUT2D eigenvalue weighted by Gasteiger charge is -2.40. The number of hydrogen-bond acceptors (Lipinski definition) is 3. The number of hydrogen-bond donors (Lipinski definition) is 1. The monoisotopic (exact) mass is 344 g/mol. The number of fused-ring (bicyclic) bond motifs is 4. The zero-order chi connectivity index (χ0) is 17.6. The normalized spacial score (nSPS) is 28.3. The van der Waals surface area contributed by atoms with Crippen LogP contribution < -0.4 is 0 Å². The fourth-order valence-electron chi connectivity index (χ4n) is 4.52. The van der Waals surface area contributed by atoms with Gasteiger partial charge in [-0.15, -0.1) is 0 Å². The summed E-state index contributed by atoms with van der Waals surface area (Å²) >= 11 is 0. The van der Waals surface area contributed by atoms with Crippen molar-refractivity contribution >= 4 is 5.91 Å². The van der Waals surface area contributed by atoms with E-state index < -0.39 is 0 Å². The first-order valence-electron chi connectivity index (χ1n) is 9.98. The van der Waals surface area contributed by atoms with E-state index in [2.05, 4.69) is 46.8 Å². The van der Waals surface area contributed by atoms with Crippen molar-refractivity contribution in [2.24, 2.45) is 11.8 Å². The van der Waals surface area contributed by atoms with E-state index in [1.165, 1.54) is 31.4 Å². The molecule has 5 nitrogen and oxygen atoms in total. The summed E-state index contributed by atoms with van der Waals surface area (Å²) in [5.74, 6) is 1.38. The maximum atomic E-state index is 12.9. The average Bonchev–Trinajstić information content (AvgIpc) is 2.82. The summed E-state index contributed by atoms with van der Waals surface area (Å²) in [6.07, 6.45) is 6.22. The lowest BCUT2D eigenvalue weighted by Crippen LogP contribution is -2.50. The van der Waals surface area contributed by atoms with Gasteiger partial charge in [0.05, 0.1) is 11.6 Å². The van der Waals surface area contributed by atoms with Crippen LogP contribution in [0.5, 0.6) is 0 Å². The van der Waals surface area contributed by atoms with Gasteiger partial charge in [0.15, 0.2) is 0 Å². The zero-order valence-corrected chi connectivity index (χ0v) is 15.9. The highest BCUT2D eigenvalue weighted by Gasteiger charge is 2.41. The number of carbonyl (C=O) groups excluding carboxylic acids is 1. The van der Waals surface area contributed by atoms with Crippen LogP contribution in [0.4, 0.5) is 0 Å². The Hall–Kier alpha value is -1.36. The first-order chi connectivity index (χ1) is 11.9. The molecule has 25 heavy (non-hydrogen) atoms. The molecule has 4 heterocycles. The molecule has 1 saturated carbocycles. The minimum atomic E-state index is 0.0715.